The topological polar surface area (TPSA) is 161 Å². The fourth-order valence-corrected chi connectivity index (χ4v) is 3.37. The molecule has 1 amide bonds. The molecule has 0 aromatic rings. The van der Waals surface area contributed by atoms with Gasteiger partial charge in [-0.3, -0.25) is 9.36 Å². The highest BCUT2D eigenvalue weighted by Crippen LogP contribution is 2.66. The molecule has 0 aromatic heterocycles. The molecule has 0 fully saturated rings. The smallest absolute Gasteiger partial charge is 0.370 e. The van der Waals surface area contributed by atoms with Crippen LogP contribution in [-0.2, 0) is 9.36 Å². The van der Waals surface area contributed by atoms with E-state index in [2.05, 4.69) is 0 Å². The van der Waals surface area contributed by atoms with Crippen LogP contribution >= 0.6 is 15.5 Å². The Labute approximate surface area is 80.1 Å². The minimum Gasteiger partial charge on any atom is -0.370 e. The predicted molar refractivity (Wildman–Crippen MR) is 47.8 cm³/mol. The molecule has 0 spiro atoms. The fourth-order valence-electron chi connectivity index (χ4n) is 0.815. The van der Waals surface area contributed by atoms with Crippen molar-refractivity contribution in [1.82, 2.24) is 0 Å². The lowest BCUT2D eigenvalue weighted by Crippen LogP contribution is -2.18. The molecule has 0 bridgehead atoms. The molecule has 0 aliphatic rings. The van der Waals surface area contributed by atoms with E-state index in [1.165, 1.54) is 0 Å². The molecule has 0 rings (SSSR count). The van der Waals surface area contributed by atoms with E-state index in [-0.39, 0.29) is 0 Å². The van der Waals surface area contributed by atoms with Gasteiger partial charge >= 0.3 is 15.5 Å². The fraction of sp³-hybridized carbons (Fsp3) is 0.750. The van der Waals surface area contributed by atoms with Crippen molar-refractivity contribution in [2.45, 2.75) is 18.2 Å². The third kappa shape index (κ3) is 4.97. The van der Waals surface area contributed by atoms with Gasteiger partial charge in [0.05, 0.1) is 0 Å². The van der Waals surface area contributed by atoms with Crippen LogP contribution < -0.4 is 5.73 Å². The van der Waals surface area contributed by atoms with Gasteiger partial charge in [0.1, 0.15) is 0 Å². The Balaban J connectivity index is 4.60. The molecule has 10 heteroatoms. The zero-order valence-electron chi connectivity index (χ0n) is 7.02. The Hall–Kier alpha value is -0.0700. The van der Waals surface area contributed by atoms with Crippen LogP contribution in [0.25, 0.3) is 0 Å². The first-order chi connectivity index (χ1) is 6.05. The Kier molecular flexibility index (Phi) is 4.61. The second kappa shape index (κ2) is 4.63. The highest BCUT2D eigenvalue weighted by Gasteiger charge is 2.53. The van der Waals surface area contributed by atoms with Crippen molar-refractivity contribution in [3.8, 4) is 0 Å². The van der Waals surface area contributed by atoms with Gasteiger partial charge in [0.15, 0.2) is 0 Å². The van der Waals surface area contributed by atoms with E-state index in [9.17, 15) is 9.36 Å². The quantitative estimate of drug-likeness (QED) is 0.322. The Morgan fingerprint density at radius 1 is 1.36 bits per heavy atom. The summed E-state index contributed by atoms with van der Waals surface area (Å²) < 4.78 is 10.7. The zero-order valence-corrected chi connectivity index (χ0v) is 8.80. The average molecular weight is 248 g/mol. The van der Waals surface area contributed by atoms with Gasteiger partial charge in [-0.25, -0.2) is 0 Å². The highest BCUT2D eigenvalue weighted by atomic mass is 31.3. The van der Waals surface area contributed by atoms with Crippen molar-refractivity contribution in [2.24, 2.45) is 5.73 Å². The van der Waals surface area contributed by atoms with Crippen LogP contribution in [0.5, 0.6) is 0 Å². The highest BCUT2D eigenvalue weighted by molar-refractivity contribution is 7.74. The molecule has 0 aliphatic heterocycles. The third-order valence-electron chi connectivity index (χ3n) is 1.44. The van der Waals surface area contributed by atoms with Crippen molar-refractivity contribution in [3.63, 3.8) is 0 Å². The molecule has 84 valence electrons. The van der Waals surface area contributed by atoms with Gasteiger partial charge in [0, 0.05) is 12.8 Å². The molecule has 0 aromatic carbocycles. The van der Waals surface area contributed by atoms with E-state index in [1.807, 2.05) is 0 Å². The predicted octanol–water partition coefficient (Wildman–Crippen LogP) is -1.50. The number of hydrogen-bond donors (Lipinski definition) is 6. The number of rotatable bonds is 5. The van der Waals surface area contributed by atoms with Crippen LogP contribution in [0.15, 0.2) is 0 Å². The van der Waals surface area contributed by atoms with Crippen LogP contribution in [-0.4, -0.2) is 35.8 Å². The summed E-state index contributed by atoms with van der Waals surface area (Å²) in [5.41, 5.74) is 4.70. The summed E-state index contributed by atoms with van der Waals surface area (Å²) in [6, 6.07) is 0. The largest absolute Gasteiger partial charge is 0.419 e. The number of primary amides is 1. The number of carbonyl (C=O) groups excluding carboxylic acids is 1. The van der Waals surface area contributed by atoms with Gasteiger partial charge < -0.3 is 15.5 Å². The maximum Gasteiger partial charge on any atom is 0.419 e. The van der Waals surface area contributed by atoms with Gasteiger partial charge in [-0.2, -0.15) is 14.7 Å². The van der Waals surface area contributed by atoms with Gasteiger partial charge in [-0.15, -0.1) is 0 Å². The van der Waals surface area contributed by atoms with Crippen molar-refractivity contribution >= 4 is 21.4 Å². The minimum absolute atomic E-state index is 0.445. The van der Waals surface area contributed by atoms with Crippen LogP contribution in [0, 0.1) is 0 Å². The van der Waals surface area contributed by atoms with Gasteiger partial charge in [0.2, 0.25) is 11.3 Å². The summed E-state index contributed by atoms with van der Waals surface area (Å²) in [6.45, 7) is 0. The molecule has 0 saturated carbocycles. The van der Waals surface area contributed by atoms with Crippen molar-refractivity contribution in [3.05, 3.63) is 0 Å². The number of carbonyl (C=O) groups is 1. The summed E-state index contributed by atoms with van der Waals surface area (Å²) >= 11 is 0. The molecule has 0 aliphatic carbocycles. The average Bonchev–Trinajstić information content (AvgIpc) is 1.78. The molecule has 1 atom stereocenters. The molecule has 0 radical (unpaired) electrons. The maximum atomic E-state index is 10.7. The summed E-state index contributed by atoms with van der Waals surface area (Å²) in [4.78, 5) is 53.7. The lowest BCUT2D eigenvalue weighted by molar-refractivity contribution is -0.118. The first-order valence-corrected chi connectivity index (χ1v) is 6.85. The Morgan fingerprint density at radius 3 is 2.00 bits per heavy atom. The summed E-state index contributed by atoms with van der Waals surface area (Å²) in [7, 11) is -9.54. The van der Waals surface area contributed by atoms with E-state index in [0.29, 0.717) is 0 Å². The van der Waals surface area contributed by atoms with Crippen molar-refractivity contribution in [1.29, 1.82) is 0 Å². The maximum absolute atomic E-state index is 10.7. The monoisotopic (exact) mass is 248 g/mol. The summed E-state index contributed by atoms with van der Waals surface area (Å²) in [5.74, 6) is -0.850. The number of hydrogen-bond acceptors (Lipinski definition) is 5. The normalized spacial score (nSPS) is 15.2. The van der Waals surface area contributed by atoms with Crippen molar-refractivity contribution < 1.29 is 33.8 Å². The lowest BCUT2D eigenvalue weighted by atomic mass is 10.3. The molecular formula is C4H12NO7P2+. The molecule has 0 saturated heterocycles. The van der Waals surface area contributed by atoms with E-state index in [4.69, 9.17) is 30.2 Å². The summed E-state index contributed by atoms with van der Waals surface area (Å²) in [6.07, 6.45) is -1.02. The molecule has 1 unspecified atom stereocenters. The van der Waals surface area contributed by atoms with E-state index in [1.54, 1.807) is 0 Å². The molecular weight excluding hydrogens is 236 g/mol. The van der Waals surface area contributed by atoms with E-state index >= 15 is 0 Å². The molecule has 0 heterocycles. The first kappa shape index (κ1) is 13.9. The number of amides is 1. The third-order valence-corrected chi connectivity index (χ3v) is 5.36. The van der Waals surface area contributed by atoms with E-state index in [0.717, 1.165) is 0 Å². The van der Waals surface area contributed by atoms with Crippen LogP contribution in [0.2, 0.25) is 0 Å². The van der Waals surface area contributed by atoms with Crippen molar-refractivity contribution in [2.75, 3.05) is 0 Å². The minimum atomic E-state index is -4.86. The Bertz CT molecular complexity index is 255. The number of nitrogens with two attached hydrogens (primary N) is 1. The van der Waals surface area contributed by atoms with Crippen LogP contribution in [0.4, 0.5) is 0 Å². The van der Waals surface area contributed by atoms with Crippen LogP contribution in [0.3, 0.4) is 0 Å². The van der Waals surface area contributed by atoms with Gasteiger partial charge in [-0.1, -0.05) is 0 Å². The second-order valence-corrected chi connectivity index (χ2v) is 6.75. The first-order valence-electron chi connectivity index (χ1n) is 3.45. The molecule has 14 heavy (non-hydrogen) atoms. The Morgan fingerprint density at radius 2 is 1.79 bits per heavy atom. The van der Waals surface area contributed by atoms with Gasteiger partial charge in [0.25, 0.3) is 0 Å². The van der Waals surface area contributed by atoms with Crippen LogP contribution in [0.1, 0.15) is 12.8 Å². The van der Waals surface area contributed by atoms with Gasteiger partial charge in [-0.05, 0) is 0 Å². The standard InChI is InChI=1S/C4H11NO7P2/c5-3(6)1-2-4(13(7,8)9)14(10,11)12/h4,7-9H,1-2H2,(H3-,5,6,10,11,12)/p+1. The van der Waals surface area contributed by atoms with E-state index < -0.39 is 39.7 Å². The summed E-state index contributed by atoms with van der Waals surface area (Å²) in [5, 5.41) is -2.04. The molecule has 7 N–H and O–H groups in total. The SMILES string of the molecule is NC(=O)CCC(P(=O)(O)O)[P+](O)(O)O. The second-order valence-electron chi connectivity index (χ2n) is 2.69. The lowest BCUT2D eigenvalue weighted by Gasteiger charge is -2.17. The zero-order chi connectivity index (χ0) is 11.6. The molecule has 8 nitrogen and oxygen atoms in total.